The fourth-order valence-corrected chi connectivity index (χ4v) is 3.07. The van der Waals surface area contributed by atoms with Crippen LogP contribution in [0.25, 0.3) is 0 Å². The fourth-order valence-electron chi connectivity index (χ4n) is 2.17. The van der Waals surface area contributed by atoms with E-state index in [0.29, 0.717) is 12.1 Å². The van der Waals surface area contributed by atoms with E-state index in [9.17, 15) is 4.79 Å². The predicted molar refractivity (Wildman–Crippen MR) is 89.7 cm³/mol. The average Bonchev–Trinajstić information content (AvgIpc) is 2.92. The van der Waals surface area contributed by atoms with Crippen molar-refractivity contribution in [3.8, 4) is 5.75 Å². The van der Waals surface area contributed by atoms with Crippen molar-refractivity contribution in [2.24, 2.45) is 0 Å². The van der Waals surface area contributed by atoms with Crippen LogP contribution in [-0.2, 0) is 12.1 Å². The lowest BCUT2D eigenvalue weighted by atomic mass is 10.0. The Kier molecular flexibility index (Phi) is 4.98. The van der Waals surface area contributed by atoms with Crippen molar-refractivity contribution in [2.45, 2.75) is 39.8 Å². The first kappa shape index (κ1) is 16.6. The van der Waals surface area contributed by atoms with Gasteiger partial charge in [0.1, 0.15) is 10.8 Å². The van der Waals surface area contributed by atoms with Crippen LogP contribution in [0.4, 0.5) is 0 Å². The van der Waals surface area contributed by atoms with Gasteiger partial charge < -0.3 is 10.1 Å². The van der Waals surface area contributed by atoms with Gasteiger partial charge in [-0.05, 0) is 45.9 Å². The van der Waals surface area contributed by atoms with E-state index in [-0.39, 0.29) is 11.3 Å². The van der Waals surface area contributed by atoms with E-state index in [1.807, 2.05) is 19.1 Å². The smallest absolute Gasteiger partial charge is 0.159 e. The van der Waals surface area contributed by atoms with Crippen LogP contribution in [0.3, 0.4) is 0 Å². The number of ketones is 1. The van der Waals surface area contributed by atoms with Crippen molar-refractivity contribution in [2.75, 3.05) is 7.11 Å². The molecule has 0 aliphatic carbocycles. The van der Waals surface area contributed by atoms with Gasteiger partial charge in [0.2, 0.25) is 0 Å². The summed E-state index contributed by atoms with van der Waals surface area (Å²) in [6, 6.07) is 5.52. The number of nitrogens with zero attached hydrogens (tertiary/aromatic N) is 1. The molecule has 0 radical (unpaired) electrons. The quantitative estimate of drug-likeness (QED) is 0.825. The Hall–Kier alpha value is -1.72. The maximum absolute atomic E-state index is 11.6. The zero-order valence-corrected chi connectivity index (χ0v) is 14.5. The minimum atomic E-state index is -0.240. The normalized spacial score (nSPS) is 11.5. The minimum Gasteiger partial charge on any atom is -0.496 e. The molecule has 0 amide bonds. The average molecular weight is 318 g/mol. The second-order valence-electron chi connectivity index (χ2n) is 5.86. The van der Waals surface area contributed by atoms with Gasteiger partial charge in [-0.25, -0.2) is 4.98 Å². The summed E-state index contributed by atoms with van der Waals surface area (Å²) in [6.45, 7) is 8.38. The van der Waals surface area contributed by atoms with Crippen LogP contribution >= 0.6 is 11.3 Å². The summed E-state index contributed by atoms with van der Waals surface area (Å²) in [6.07, 6.45) is 0. The molecule has 0 spiro atoms. The molecule has 22 heavy (non-hydrogen) atoms. The standard InChI is InChI=1S/C17H22N2O2S/c1-11-10-22-16(19-11)17(3,4)18-9-14-8-13(12(2)20)6-7-15(14)21-5/h6-8,10,18H,9H2,1-5H3. The largest absolute Gasteiger partial charge is 0.496 e. The first-order valence-electron chi connectivity index (χ1n) is 7.19. The molecule has 0 aliphatic heterocycles. The van der Waals surface area contributed by atoms with E-state index in [0.717, 1.165) is 22.0 Å². The minimum absolute atomic E-state index is 0.0544. The van der Waals surface area contributed by atoms with Crippen LogP contribution in [0.1, 0.15) is 47.4 Å². The Labute approximate surface area is 135 Å². The fraction of sp³-hybridized carbons (Fsp3) is 0.412. The van der Waals surface area contributed by atoms with Crippen molar-refractivity contribution in [3.63, 3.8) is 0 Å². The van der Waals surface area contributed by atoms with Gasteiger partial charge in [-0.15, -0.1) is 11.3 Å². The number of hydrogen-bond acceptors (Lipinski definition) is 5. The summed E-state index contributed by atoms with van der Waals surface area (Å²) >= 11 is 1.65. The molecular formula is C17H22N2O2S. The maximum atomic E-state index is 11.6. The molecule has 4 nitrogen and oxygen atoms in total. The second-order valence-corrected chi connectivity index (χ2v) is 6.71. The summed E-state index contributed by atoms with van der Waals surface area (Å²) in [7, 11) is 1.64. The molecule has 0 saturated heterocycles. The molecule has 0 fully saturated rings. The van der Waals surface area contributed by atoms with Crippen LogP contribution in [0.15, 0.2) is 23.6 Å². The number of methoxy groups -OCH3 is 1. The first-order chi connectivity index (χ1) is 10.3. The highest BCUT2D eigenvalue weighted by Gasteiger charge is 2.23. The Morgan fingerprint density at radius 2 is 2.14 bits per heavy atom. The summed E-state index contributed by atoms with van der Waals surface area (Å²) in [5, 5.41) is 6.60. The molecule has 0 atom stereocenters. The number of Topliss-reactive ketones (excluding diaryl/α,β-unsaturated/α-hetero) is 1. The summed E-state index contributed by atoms with van der Waals surface area (Å²) < 4.78 is 5.39. The molecule has 1 N–H and O–H groups in total. The van der Waals surface area contributed by atoms with E-state index in [2.05, 4.69) is 29.5 Å². The molecule has 2 aromatic rings. The van der Waals surface area contributed by atoms with E-state index in [1.54, 1.807) is 31.4 Å². The number of nitrogens with one attached hydrogen (secondary N) is 1. The zero-order chi connectivity index (χ0) is 16.3. The molecule has 1 heterocycles. The number of benzene rings is 1. The third-order valence-corrected chi connectivity index (χ3v) is 4.85. The molecule has 1 aromatic carbocycles. The van der Waals surface area contributed by atoms with Crippen molar-refractivity contribution in [1.29, 1.82) is 0 Å². The highest BCUT2D eigenvalue weighted by Crippen LogP contribution is 2.26. The topological polar surface area (TPSA) is 51.2 Å². The van der Waals surface area contributed by atoms with E-state index in [1.165, 1.54) is 0 Å². The molecule has 5 heteroatoms. The van der Waals surface area contributed by atoms with Crippen molar-refractivity contribution in [1.82, 2.24) is 10.3 Å². The van der Waals surface area contributed by atoms with Gasteiger partial charge in [0.25, 0.3) is 0 Å². The summed E-state index contributed by atoms with van der Waals surface area (Å²) in [5.41, 5.74) is 2.46. The van der Waals surface area contributed by atoms with Crippen LogP contribution in [0, 0.1) is 6.92 Å². The number of carbonyl (C=O) groups excluding carboxylic acids is 1. The molecule has 1 aromatic heterocycles. The van der Waals surface area contributed by atoms with Crippen LogP contribution in [0.5, 0.6) is 5.75 Å². The Balaban J connectivity index is 2.19. The van der Waals surface area contributed by atoms with Crippen LogP contribution in [0.2, 0.25) is 0 Å². The summed E-state index contributed by atoms with van der Waals surface area (Å²) in [5.74, 6) is 0.835. The molecule has 118 valence electrons. The van der Waals surface area contributed by atoms with Gasteiger partial charge in [0.15, 0.2) is 5.78 Å². The van der Waals surface area contributed by atoms with Gasteiger partial charge in [-0.3, -0.25) is 4.79 Å². The third kappa shape index (κ3) is 3.72. The number of rotatable bonds is 6. The highest BCUT2D eigenvalue weighted by molar-refractivity contribution is 7.09. The van der Waals surface area contributed by atoms with Crippen molar-refractivity contribution >= 4 is 17.1 Å². The van der Waals surface area contributed by atoms with Crippen LogP contribution < -0.4 is 10.1 Å². The molecule has 0 bridgehead atoms. The van der Waals surface area contributed by atoms with E-state index < -0.39 is 0 Å². The lowest BCUT2D eigenvalue weighted by molar-refractivity contribution is 0.101. The van der Waals surface area contributed by atoms with Crippen LogP contribution in [-0.4, -0.2) is 17.9 Å². The number of ether oxygens (including phenoxy) is 1. The third-order valence-electron chi connectivity index (χ3n) is 3.56. The van der Waals surface area contributed by atoms with Gasteiger partial charge in [-0.1, -0.05) is 0 Å². The Morgan fingerprint density at radius 1 is 1.41 bits per heavy atom. The number of aromatic nitrogens is 1. The van der Waals surface area contributed by atoms with E-state index >= 15 is 0 Å². The molecule has 0 aliphatic rings. The SMILES string of the molecule is COc1ccc(C(C)=O)cc1CNC(C)(C)c1nc(C)cs1. The first-order valence-corrected chi connectivity index (χ1v) is 8.07. The second kappa shape index (κ2) is 6.58. The lowest BCUT2D eigenvalue weighted by Crippen LogP contribution is -2.36. The Morgan fingerprint density at radius 3 is 2.68 bits per heavy atom. The monoisotopic (exact) mass is 318 g/mol. The number of thiazole rings is 1. The highest BCUT2D eigenvalue weighted by atomic mass is 32.1. The lowest BCUT2D eigenvalue weighted by Gasteiger charge is -2.24. The van der Waals surface area contributed by atoms with Gasteiger partial charge in [0.05, 0.1) is 12.6 Å². The molecule has 2 rings (SSSR count). The van der Waals surface area contributed by atoms with E-state index in [4.69, 9.17) is 4.74 Å². The van der Waals surface area contributed by atoms with Gasteiger partial charge in [-0.2, -0.15) is 0 Å². The molecular weight excluding hydrogens is 296 g/mol. The number of carbonyl (C=O) groups is 1. The van der Waals surface area contributed by atoms with Gasteiger partial charge >= 0.3 is 0 Å². The van der Waals surface area contributed by atoms with Crippen molar-refractivity contribution in [3.05, 3.63) is 45.4 Å². The molecule has 0 unspecified atom stereocenters. The molecule has 0 saturated carbocycles. The predicted octanol–water partition coefficient (Wildman–Crippen LogP) is 3.69. The van der Waals surface area contributed by atoms with Gasteiger partial charge in [0, 0.05) is 28.7 Å². The maximum Gasteiger partial charge on any atom is 0.159 e. The number of aryl methyl sites for hydroxylation is 1. The Bertz CT molecular complexity index is 677. The number of hydrogen-bond donors (Lipinski definition) is 1. The zero-order valence-electron chi connectivity index (χ0n) is 13.7. The summed E-state index contributed by atoms with van der Waals surface area (Å²) in [4.78, 5) is 16.1. The van der Waals surface area contributed by atoms with Crippen molar-refractivity contribution < 1.29 is 9.53 Å².